The maximum atomic E-state index is 13.2. The van der Waals surface area contributed by atoms with Gasteiger partial charge in [-0.1, -0.05) is 0 Å². The van der Waals surface area contributed by atoms with E-state index in [2.05, 4.69) is 0 Å². The Labute approximate surface area is 103 Å². The van der Waals surface area contributed by atoms with E-state index in [1.807, 2.05) is 0 Å². The third kappa shape index (κ3) is 2.80. The second-order valence-corrected chi connectivity index (χ2v) is 3.20. The summed E-state index contributed by atoms with van der Waals surface area (Å²) in [6, 6.07) is 0. The minimum absolute atomic E-state index is 0.590. The number of alkyl halides is 3. The molecule has 20 heavy (non-hydrogen) atoms. The van der Waals surface area contributed by atoms with Crippen LogP contribution in [-0.2, 0) is 0 Å². The highest BCUT2D eigenvalue weighted by molar-refractivity contribution is 5.47. The van der Waals surface area contributed by atoms with Gasteiger partial charge in [0.15, 0.2) is 11.7 Å². The van der Waals surface area contributed by atoms with E-state index in [-0.39, 0.29) is 0 Å². The van der Waals surface area contributed by atoms with Gasteiger partial charge in [0.05, 0.1) is 5.70 Å². The van der Waals surface area contributed by atoms with E-state index in [1.54, 1.807) is 0 Å². The van der Waals surface area contributed by atoms with Crippen LogP contribution in [-0.4, -0.2) is 6.18 Å². The third-order valence-electron chi connectivity index (χ3n) is 1.95. The predicted molar refractivity (Wildman–Crippen MR) is 45.1 cm³/mol. The van der Waals surface area contributed by atoms with E-state index in [0.717, 1.165) is 0 Å². The lowest BCUT2D eigenvalue weighted by Gasteiger charge is -2.14. The topological polar surface area (TPSA) is 12.0 Å². The van der Waals surface area contributed by atoms with Crippen LogP contribution in [0.4, 0.5) is 43.9 Å². The molecule has 0 unspecified atom stereocenters. The lowest BCUT2D eigenvalue weighted by molar-refractivity contribution is -0.0934. The molecule has 0 aromatic heterocycles. The first-order valence-electron chi connectivity index (χ1n) is 4.39. The van der Waals surface area contributed by atoms with Gasteiger partial charge in [-0.2, -0.15) is 30.7 Å². The number of halogens is 10. The van der Waals surface area contributed by atoms with Gasteiger partial charge < -0.3 is 5.32 Å². The van der Waals surface area contributed by atoms with Crippen molar-refractivity contribution in [2.45, 2.75) is 6.18 Å². The van der Waals surface area contributed by atoms with E-state index in [0.29, 0.717) is 5.32 Å². The number of hydrogen-bond donors (Lipinski definition) is 1. The number of nitrogens with one attached hydrogen (secondary N) is 1. The molecule has 0 atom stereocenters. The molecule has 0 saturated carbocycles. The summed E-state index contributed by atoms with van der Waals surface area (Å²) in [5.74, 6) is -13.8. The van der Waals surface area contributed by atoms with Gasteiger partial charge in [-0.3, -0.25) is 0 Å². The van der Waals surface area contributed by atoms with E-state index in [1.165, 1.54) is 0 Å². The normalized spacial score (nSPS) is 17.3. The van der Waals surface area contributed by atoms with Crippen molar-refractivity contribution in [3.05, 3.63) is 46.6 Å². The molecule has 1 nitrogen and oxygen atoms in total. The second-order valence-electron chi connectivity index (χ2n) is 3.20. The molecule has 0 aliphatic carbocycles. The van der Waals surface area contributed by atoms with Crippen LogP contribution in [0.25, 0.3) is 0 Å². The molecule has 11 heteroatoms. The molecule has 1 rings (SSSR count). The van der Waals surface area contributed by atoms with Crippen molar-refractivity contribution >= 4 is 0 Å². The first kappa shape index (κ1) is 16.1. The van der Waals surface area contributed by atoms with Crippen LogP contribution in [0.3, 0.4) is 0 Å². The van der Waals surface area contributed by atoms with Crippen LogP contribution in [0.15, 0.2) is 46.6 Å². The minimum Gasteiger partial charge on any atom is -0.326 e. The van der Waals surface area contributed by atoms with Crippen molar-refractivity contribution in [1.29, 1.82) is 0 Å². The molecule has 1 N–H and O–H groups in total. The molecule has 1 aliphatic rings. The molecule has 0 spiro atoms. The first-order valence-corrected chi connectivity index (χ1v) is 4.39. The first-order chi connectivity index (χ1) is 8.98. The molecule has 0 aromatic rings. The van der Waals surface area contributed by atoms with Crippen molar-refractivity contribution in [3.63, 3.8) is 0 Å². The second kappa shape index (κ2) is 5.21. The van der Waals surface area contributed by atoms with Crippen LogP contribution in [0.5, 0.6) is 0 Å². The Hall–Kier alpha value is -1.94. The zero-order chi connectivity index (χ0) is 15.8. The molecular formula is C9HF10N. The number of rotatable bonds is 1. The summed E-state index contributed by atoms with van der Waals surface area (Å²) >= 11 is 0. The maximum Gasteiger partial charge on any atom is 0.423 e. The van der Waals surface area contributed by atoms with Crippen molar-refractivity contribution in [2.75, 3.05) is 0 Å². The van der Waals surface area contributed by atoms with Gasteiger partial charge in [-0.15, -0.1) is 0 Å². The van der Waals surface area contributed by atoms with Gasteiger partial charge in [0.2, 0.25) is 17.6 Å². The average Bonchev–Trinajstić information content (AvgIpc) is 2.36. The van der Waals surface area contributed by atoms with E-state index in [4.69, 9.17) is 0 Å². The molecular weight excluding hydrogens is 312 g/mol. The van der Waals surface area contributed by atoms with Crippen LogP contribution >= 0.6 is 0 Å². The summed E-state index contributed by atoms with van der Waals surface area (Å²) in [6.45, 7) is 0. The smallest absolute Gasteiger partial charge is 0.326 e. The fourth-order valence-electron chi connectivity index (χ4n) is 1.13. The molecule has 0 bridgehead atoms. The molecule has 0 fully saturated rings. The van der Waals surface area contributed by atoms with Gasteiger partial charge in [0.1, 0.15) is 5.57 Å². The average molecular weight is 313 g/mol. The standard InChI is InChI=1S/C9HF10N/c10-2-3(11)5(13)8(16)20-6(4(2)12)1(7(14)15)9(17,18)19/h20H. The fraction of sp³-hybridized carbons (Fsp3) is 0.111. The monoisotopic (exact) mass is 313 g/mol. The highest BCUT2D eigenvalue weighted by Gasteiger charge is 2.44. The summed E-state index contributed by atoms with van der Waals surface area (Å²) in [7, 11) is 0. The molecule has 1 heterocycles. The Balaban J connectivity index is 3.65. The van der Waals surface area contributed by atoms with Crippen LogP contribution in [0.2, 0.25) is 0 Å². The largest absolute Gasteiger partial charge is 0.423 e. The van der Waals surface area contributed by atoms with Gasteiger partial charge >= 0.3 is 6.18 Å². The lowest BCUT2D eigenvalue weighted by atomic mass is 10.1. The third-order valence-corrected chi connectivity index (χ3v) is 1.95. The zero-order valence-corrected chi connectivity index (χ0v) is 8.78. The quantitative estimate of drug-likeness (QED) is 0.544. The molecule has 112 valence electrons. The Kier molecular flexibility index (Phi) is 4.20. The van der Waals surface area contributed by atoms with Gasteiger partial charge in [-0.05, 0) is 0 Å². The number of hydrogen-bond acceptors (Lipinski definition) is 1. The minimum atomic E-state index is -5.93. The summed E-state index contributed by atoms with van der Waals surface area (Å²) in [6.07, 6.45) is -9.49. The summed E-state index contributed by atoms with van der Waals surface area (Å²) in [4.78, 5) is 0. The Morgan fingerprint density at radius 3 is 1.60 bits per heavy atom. The molecule has 0 saturated heterocycles. The number of allylic oxidation sites excluding steroid dienone is 5. The lowest BCUT2D eigenvalue weighted by Crippen LogP contribution is -2.24. The van der Waals surface area contributed by atoms with Gasteiger partial charge in [0, 0.05) is 0 Å². The van der Waals surface area contributed by atoms with Crippen molar-refractivity contribution in [2.24, 2.45) is 0 Å². The van der Waals surface area contributed by atoms with Crippen LogP contribution < -0.4 is 5.32 Å². The Morgan fingerprint density at radius 1 is 0.750 bits per heavy atom. The molecule has 0 amide bonds. The fourth-order valence-corrected chi connectivity index (χ4v) is 1.13. The van der Waals surface area contributed by atoms with Crippen molar-refractivity contribution in [3.8, 4) is 0 Å². The Bertz CT molecular complexity index is 558. The predicted octanol–water partition coefficient (Wildman–Crippen LogP) is 4.74. The zero-order valence-electron chi connectivity index (χ0n) is 8.78. The Morgan fingerprint density at radius 2 is 1.20 bits per heavy atom. The summed E-state index contributed by atoms with van der Waals surface area (Å²) < 4.78 is 125. The molecule has 0 radical (unpaired) electrons. The van der Waals surface area contributed by atoms with E-state index < -0.39 is 52.8 Å². The van der Waals surface area contributed by atoms with Crippen molar-refractivity contribution in [1.82, 2.24) is 5.32 Å². The van der Waals surface area contributed by atoms with Crippen molar-refractivity contribution < 1.29 is 43.9 Å². The summed E-state index contributed by atoms with van der Waals surface area (Å²) in [5.41, 5.74) is -5.57. The van der Waals surface area contributed by atoms with E-state index >= 15 is 0 Å². The maximum absolute atomic E-state index is 13.2. The molecule has 1 aliphatic heterocycles. The van der Waals surface area contributed by atoms with Gasteiger partial charge in [-0.25, -0.2) is 13.2 Å². The highest BCUT2D eigenvalue weighted by atomic mass is 19.4. The van der Waals surface area contributed by atoms with Gasteiger partial charge in [0.25, 0.3) is 6.08 Å². The highest BCUT2D eigenvalue weighted by Crippen LogP contribution is 2.40. The SMILES string of the molecule is FC(F)=C(C1=C(F)C(F)=C(F)C(F)=C(F)N1)C(F)(F)F. The van der Waals surface area contributed by atoms with E-state index in [9.17, 15) is 43.9 Å². The molecule has 0 aromatic carbocycles. The summed E-state index contributed by atoms with van der Waals surface area (Å²) in [5, 5.41) is 0.590. The van der Waals surface area contributed by atoms with Crippen LogP contribution in [0, 0.1) is 0 Å². The van der Waals surface area contributed by atoms with Crippen LogP contribution in [0.1, 0.15) is 0 Å².